The fraction of sp³-hybridized carbons (Fsp3) is 0.200. The largest absolute Gasteiger partial charge is 0.330 e. The summed E-state index contributed by atoms with van der Waals surface area (Å²) in [5.74, 6) is -0.0852. The van der Waals surface area contributed by atoms with E-state index in [0.717, 1.165) is 24.1 Å². The van der Waals surface area contributed by atoms with Gasteiger partial charge in [-0.25, -0.2) is 4.98 Å². The minimum absolute atomic E-state index is 0.0852. The number of carbonyl (C=O) groups excluding carboxylic acids is 1. The summed E-state index contributed by atoms with van der Waals surface area (Å²) in [4.78, 5) is 16.9. The van der Waals surface area contributed by atoms with Gasteiger partial charge in [-0.1, -0.05) is 49.7 Å². The standard InChI is InChI=1S/C20H21N3O/c1-2-8-19(23-14-13-21-15-23)17-11-6-7-12-18(17)20(24)22-16-9-4-3-5-10-16/h3-7,9-15,19H,2,8H2,1H3,(H,22,24). The van der Waals surface area contributed by atoms with Gasteiger partial charge in [0, 0.05) is 23.6 Å². The van der Waals surface area contributed by atoms with E-state index in [2.05, 4.69) is 21.8 Å². The molecule has 24 heavy (non-hydrogen) atoms. The summed E-state index contributed by atoms with van der Waals surface area (Å²) in [6, 6.07) is 17.4. The zero-order valence-corrected chi connectivity index (χ0v) is 13.7. The monoisotopic (exact) mass is 319 g/mol. The fourth-order valence-electron chi connectivity index (χ4n) is 2.91. The summed E-state index contributed by atoms with van der Waals surface area (Å²) in [5, 5.41) is 2.98. The highest BCUT2D eigenvalue weighted by Gasteiger charge is 2.19. The van der Waals surface area contributed by atoms with Crippen LogP contribution in [-0.2, 0) is 0 Å². The maximum atomic E-state index is 12.8. The lowest BCUT2D eigenvalue weighted by molar-refractivity contribution is 0.102. The van der Waals surface area contributed by atoms with E-state index in [9.17, 15) is 4.79 Å². The minimum atomic E-state index is -0.0852. The third kappa shape index (κ3) is 3.54. The van der Waals surface area contributed by atoms with Gasteiger partial charge in [0.05, 0.1) is 12.4 Å². The molecule has 2 aromatic carbocycles. The van der Waals surface area contributed by atoms with E-state index in [1.807, 2.05) is 67.1 Å². The summed E-state index contributed by atoms with van der Waals surface area (Å²) >= 11 is 0. The van der Waals surface area contributed by atoms with E-state index in [1.54, 1.807) is 6.20 Å². The van der Waals surface area contributed by atoms with E-state index >= 15 is 0 Å². The lowest BCUT2D eigenvalue weighted by Gasteiger charge is -2.21. The number of imidazole rings is 1. The van der Waals surface area contributed by atoms with Crippen molar-refractivity contribution in [3.8, 4) is 0 Å². The van der Waals surface area contributed by atoms with Gasteiger partial charge in [-0.15, -0.1) is 0 Å². The molecule has 1 atom stereocenters. The fourth-order valence-corrected chi connectivity index (χ4v) is 2.91. The number of hydrogen-bond donors (Lipinski definition) is 1. The molecular formula is C20H21N3O. The van der Waals surface area contributed by atoms with E-state index < -0.39 is 0 Å². The number of benzene rings is 2. The predicted molar refractivity (Wildman–Crippen MR) is 96.1 cm³/mol. The normalized spacial score (nSPS) is 11.9. The van der Waals surface area contributed by atoms with Gasteiger partial charge in [0.15, 0.2) is 0 Å². The average Bonchev–Trinajstić information content (AvgIpc) is 3.15. The SMILES string of the molecule is CCCC(c1ccccc1C(=O)Nc1ccccc1)n1ccnc1. The van der Waals surface area contributed by atoms with Gasteiger partial charge in [-0.2, -0.15) is 0 Å². The first-order valence-corrected chi connectivity index (χ1v) is 8.22. The Hall–Kier alpha value is -2.88. The summed E-state index contributed by atoms with van der Waals surface area (Å²) in [5.41, 5.74) is 2.52. The Morgan fingerprint density at radius 1 is 1.12 bits per heavy atom. The van der Waals surface area contributed by atoms with Crippen molar-refractivity contribution in [3.05, 3.63) is 84.4 Å². The number of para-hydroxylation sites is 1. The molecule has 1 amide bonds. The maximum absolute atomic E-state index is 12.8. The number of nitrogens with zero attached hydrogens (tertiary/aromatic N) is 2. The quantitative estimate of drug-likeness (QED) is 0.726. The summed E-state index contributed by atoms with van der Waals surface area (Å²) in [6.07, 6.45) is 7.51. The lowest BCUT2D eigenvalue weighted by atomic mass is 9.96. The van der Waals surface area contributed by atoms with E-state index in [4.69, 9.17) is 0 Å². The zero-order valence-electron chi connectivity index (χ0n) is 13.7. The highest BCUT2D eigenvalue weighted by Crippen LogP contribution is 2.27. The molecule has 3 aromatic rings. The van der Waals surface area contributed by atoms with E-state index in [-0.39, 0.29) is 11.9 Å². The van der Waals surface area contributed by atoms with Crippen LogP contribution in [0.15, 0.2) is 73.3 Å². The van der Waals surface area contributed by atoms with Crippen molar-refractivity contribution in [2.75, 3.05) is 5.32 Å². The molecule has 0 radical (unpaired) electrons. The molecule has 0 spiro atoms. The molecule has 122 valence electrons. The van der Waals surface area contributed by atoms with Gasteiger partial charge in [-0.3, -0.25) is 4.79 Å². The van der Waals surface area contributed by atoms with E-state index in [1.165, 1.54) is 0 Å². The molecular weight excluding hydrogens is 298 g/mol. The van der Waals surface area contributed by atoms with Crippen molar-refractivity contribution in [2.24, 2.45) is 0 Å². The number of nitrogens with one attached hydrogen (secondary N) is 1. The third-order valence-electron chi connectivity index (χ3n) is 4.04. The highest BCUT2D eigenvalue weighted by molar-refractivity contribution is 6.05. The van der Waals surface area contributed by atoms with Crippen molar-refractivity contribution in [1.82, 2.24) is 9.55 Å². The molecule has 1 N–H and O–H groups in total. The molecule has 0 saturated carbocycles. The topological polar surface area (TPSA) is 46.9 Å². The molecule has 1 aromatic heterocycles. The second-order valence-electron chi connectivity index (χ2n) is 5.72. The summed E-state index contributed by atoms with van der Waals surface area (Å²) in [6.45, 7) is 2.15. The lowest BCUT2D eigenvalue weighted by Crippen LogP contribution is -2.18. The van der Waals surface area contributed by atoms with Crippen LogP contribution in [0.3, 0.4) is 0 Å². The first-order valence-electron chi connectivity index (χ1n) is 8.22. The highest BCUT2D eigenvalue weighted by atomic mass is 16.1. The Bertz CT molecular complexity index is 782. The number of hydrogen-bond acceptors (Lipinski definition) is 2. The van der Waals surface area contributed by atoms with Crippen molar-refractivity contribution in [3.63, 3.8) is 0 Å². The van der Waals surface area contributed by atoms with Crippen LogP contribution in [0.2, 0.25) is 0 Å². The van der Waals surface area contributed by atoms with E-state index in [0.29, 0.717) is 5.56 Å². The Labute approximate surface area is 142 Å². The van der Waals surface area contributed by atoms with Gasteiger partial charge in [0.2, 0.25) is 0 Å². The molecule has 1 heterocycles. The van der Waals surface area contributed by atoms with Gasteiger partial charge in [0.25, 0.3) is 5.91 Å². The predicted octanol–water partition coefficient (Wildman–Crippen LogP) is 4.52. The maximum Gasteiger partial charge on any atom is 0.256 e. The zero-order chi connectivity index (χ0) is 16.8. The Morgan fingerprint density at radius 3 is 2.58 bits per heavy atom. The van der Waals surface area contributed by atoms with Gasteiger partial charge in [0.1, 0.15) is 0 Å². The second-order valence-corrected chi connectivity index (χ2v) is 5.72. The first-order chi connectivity index (χ1) is 11.8. The Morgan fingerprint density at radius 2 is 1.88 bits per heavy atom. The molecule has 1 unspecified atom stereocenters. The first kappa shape index (κ1) is 16.0. The van der Waals surface area contributed by atoms with Crippen LogP contribution in [0.1, 0.15) is 41.7 Å². The number of aromatic nitrogens is 2. The van der Waals surface area contributed by atoms with Crippen molar-refractivity contribution >= 4 is 11.6 Å². The van der Waals surface area contributed by atoms with Gasteiger partial charge in [-0.05, 0) is 30.2 Å². The summed E-state index contributed by atoms with van der Waals surface area (Å²) in [7, 11) is 0. The number of carbonyl (C=O) groups is 1. The van der Waals surface area contributed by atoms with Crippen molar-refractivity contribution in [2.45, 2.75) is 25.8 Å². The number of rotatable bonds is 6. The van der Waals surface area contributed by atoms with Crippen molar-refractivity contribution < 1.29 is 4.79 Å². The van der Waals surface area contributed by atoms with Crippen LogP contribution in [-0.4, -0.2) is 15.5 Å². The second kappa shape index (κ2) is 7.59. The van der Waals surface area contributed by atoms with Gasteiger partial charge >= 0.3 is 0 Å². The Balaban J connectivity index is 1.93. The average molecular weight is 319 g/mol. The van der Waals surface area contributed by atoms with Crippen LogP contribution in [0.25, 0.3) is 0 Å². The molecule has 0 saturated heterocycles. The molecule has 0 aliphatic heterocycles. The van der Waals surface area contributed by atoms with Crippen LogP contribution in [0, 0.1) is 0 Å². The smallest absolute Gasteiger partial charge is 0.256 e. The van der Waals surface area contributed by atoms with Crippen LogP contribution >= 0.6 is 0 Å². The third-order valence-corrected chi connectivity index (χ3v) is 4.04. The molecule has 0 fully saturated rings. The molecule has 3 rings (SSSR count). The van der Waals surface area contributed by atoms with Crippen LogP contribution in [0.5, 0.6) is 0 Å². The molecule has 0 aliphatic rings. The van der Waals surface area contributed by atoms with Crippen molar-refractivity contribution in [1.29, 1.82) is 0 Å². The van der Waals surface area contributed by atoms with Crippen LogP contribution < -0.4 is 5.32 Å². The Kier molecular flexibility index (Phi) is 5.06. The van der Waals surface area contributed by atoms with Gasteiger partial charge < -0.3 is 9.88 Å². The minimum Gasteiger partial charge on any atom is -0.330 e. The number of anilines is 1. The summed E-state index contributed by atoms with van der Waals surface area (Å²) < 4.78 is 2.07. The number of amides is 1. The van der Waals surface area contributed by atoms with Crippen LogP contribution in [0.4, 0.5) is 5.69 Å². The molecule has 0 aliphatic carbocycles. The molecule has 4 nitrogen and oxygen atoms in total. The molecule has 4 heteroatoms. The molecule has 0 bridgehead atoms.